The lowest BCUT2D eigenvalue weighted by Crippen LogP contribution is -2.30. The maximum atomic E-state index is 12.8. The second-order valence-electron chi connectivity index (χ2n) is 6.89. The molecule has 1 aliphatic heterocycles. The summed E-state index contributed by atoms with van der Waals surface area (Å²) >= 11 is 0. The second kappa shape index (κ2) is 7.17. The molecule has 0 aliphatic carbocycles. The van der Waals surface area contributed by atoms with Crippen molar-refractivity contribution in [3.63, 3.8) is 0 Å². The minimum atomic E-state index is -3.54. The Bertz CT molecular complexity index is 1010. The molecule has 0 saturated carbocycles. The van der Waals surface area contributed by atoms with Crippen LogP contribution < -0.4 is 5.32 Å². The lowest BCUT2D eigenvalue weighted by atomic mass is 9.91. The summed E-state index contributed by atoms with van der Waals surface area (Å²) in [5, 5.41) is 4.33. The van der Waals surface area contributed by atoms with Gasteiger partial charge in [-0.3, -0.25) is 4.98 Å². The quantitative estimate of drug-likeness (QED) is 0.766. The lowest BCUT2D eigenvalue weighted by Gasteiger charge is -2.23. The number of rotatable bonds is 4. The van der Waals surface area contributed by atoms with E-state index in [1.807, 2.05) is 18.2 Å². The number of hydrogen-bond acceptors (Lipinski definition) is 4. The molecule has 1 aliphatic rings. The van der Waals surface area contributed by atoms with E-state index in [0.29, 0.717) is 10.8 Å². The van der Waals surface area contributed by atoms with Gasteiger partial charge < -0.3 is 5.32 Å². The van der Waals surface area contributed by atoms with Crippen LogP contribution in [0.1, 0.15) is 18.4 Å². The van der Waals surface area contributed by atoms with Gasteiger partial charge in [0, 0.05) is 11.6 Å². The molecule has 0 bridgehead atoms. The smallest absolute Gasteiger partial charge is 0.208 e. The van der Waals surface area contributed by atoms with Crippen LogP contribution in [0, 0.1) is 5.92 Å². The Hall–Kier alpha value is -2.24. The summed E-state index contributed by atoms with van der Waals surface area (Å²) < 4.78 is 25.7. The van der Waals surface area contributed by atoms with E-state index >= 15 is 0 Å². The summed E-state index contributed by atoms with van der Waals surface area (Å²) in [6.45, 7) is 2.14. The molecule has 1 atom stereocenters. The molecular formula is C21H22N2O2S. The molecule has 0 radical (unpaired) electrons. The number of sulfone groups is 1. The number of para-hydroxylation sites is 1. The maximum absolute atomic E-state index is 12.8. The highest BCUT2D eigenvalue weighted by molar-refractivity contribution is 7.91. The predicted octanol–water partition coefficient (Wildman–Crippen LogP) is 3.61. The molecule has 1 N–H and O–H groups in total. The summed E-state index contributed by atoms with van der Waals surface area (Å²) in [5.41, 5.74) is 2.10. The van der Waals surface area contributed by atoms with Gasteiger partial charge >= 0.3 is 0 Å². The zero-order valence-corrected chi connectivity index (χ0v) is 15.4. The molecule has 134 valence electrons. The number of nitrogens with one attached hydrogen (secondary N) is 1. The second-order valence-corrected chi connectivity index (χ2v) is 8.84. The minimum Gasteiger partial charge on any atom is -0.316 e. The van der Waals surface area contributed by atoms with Gasteiger partial charge in [-0.1, -0.05) is 36.4 Å². The van der Waals surface area contributed by atoms with E-state index in [0.717, 1.165) is 30.4 Å². The van der Waals surface area contributed by atoms with Gasteiger partial charge in [-0.15, -0.1) is 0 Å². The van der Waals surface area contributed by atoms with Gasteiger partial charge in [-0.2, -0.15) is 0 Å². The van der Waals surface area contributed by atoms with E-state index in [1.165, 1.54) is 24.6 Å². The molecule has 1 fully saturated rings. The van der Waals surface area contributed by atoms with Crippen molar-refractivity contribution in [1.82, 2.24) is 10.3 Å². The number of aromatic nitrogens is 1. The molecule has 5 heteroatoms. The third-order valence-electron chi connectivity index (χ3n) is 5.04. The van der Waals surface area contributed by atoms with E-state index in [1.54, 1.807) is 30.3 Å². The molecule has 0 amide bonds. The maximum Gasteiger partial charge on any atom is 0.208 e. The average molecular weight is 366 g/mol. The zero-order valence-electron chi connectivity index (χ0n) is 14.6. The van der Waals surface area contributed by atoms with Crippen LogP contribution in [-0.2, 0) is 16.3 Å². The van der Waals surface area contributed by atoms with Crippen LogP contribution in [0.15, 0.2) is 70.6 Å². The predicted molar refractivity (Wildman–Crippen MR) is 103 cm³/mol. The minimum absolute atomic E-state index is 0.243. The summed E-state index contributed by atoms with van der Waals surface area (Å²) in [6.07, 6.45) is 4.90. The van der Waals surface area contributed by atoms with Crippen LogP contribution in [0.3, 0.4) is 0 Å². The molecule has 2 heterocycles. The molecule has 2 aromatic carbocycles. The monoisotopic (exact) mass is 366 g/mol. The van der Waals surface area contributed by atoms with Crippen LogP contribution in [0.25, 0.3) is 10.9 Å². The Labute approximate surface area is 154 Å². The Morgan fingerprint density at radius 2 is 1.88 bits per heavy atom. The fourth-order valence-corrected chi connectivity index (χ4v) is 4.92. The molecule has 1 aromatic heterocycles. The highest BCUT2D eigenvalue weighted by Gasteiger charge is 2.19. The molecule has 0 spiro atoms. The fraction of sp³-hybridized carbons (Fsp3) is 0.286. The fourth-order valence-electron chi connectivity index (χ4n) is 3.66. The topological polar surface area (TPSA) is 59.1 Å². The number of fused-ring (bicyclic) bond motifs is 1. The molecule has 1 saturated heterocycles. The van der Waals surface area contributed by atoms with Crippen LogP contribution >= 0.6 is 0 Å². The van der Waals surface area contributed by atoms with Crippen LogP contribution in [0.4, 0.5) is 0 Å². The van der Waals surface area contributed by atoms with Gasteiger partial charge in [0.2, 0.25) is 9.84 Å². The Kier molecular flexibility index (Phi) is 4.74. The van der Waals surface area contributed by atoms with Crippen molar-refractivity contribution in [2.45, 2.75) is 29.1 Å². The van der Waals surface area contributed by atoms with E-state index < -0.39 is 9.84 Å². The zero-order chi connectivity index (χ0) is 18.0. The van der Waals surface area contributed by atoms with Gasteiger partial charge in [0.05, 0.1) is 15.3 Å². The van der Waals surface area contributed by atoms with E-state index in [2.05, 4.69) is 16.4 Å². The highest BCUT2D eigenvalue weighted by atomic mass is 32.2. The Balaban J connectivity index is 1.70. The van der Waals surface area contributed by atoms with Gasteiger partial charge in [-0.25, -0.2) is 8.42 Å². The van der Waals surface area contributed by atoms with Gasteiger partial charge in [0.25, 0.3) is 0 Å². The summed E-state index contributed by atoms with van der Waals surface area (Å²) in [6, 6.07) is 16.3. The van der Waals surface area contributed by atoms with E-state index in [-0.39, 0.29) is 4.90 Å². The van der Waals surface area contributed by atoms with Crippen molar-refractivity contribution in [3.05, 3.63) is 66.4 Å². The third kappa shape index (κ3) is 3.37. The number of pyridine rings is 1. The summed E-state index contributed by atoms with van der Waals surface area (Å²) in [4.78, 5) is 5.08. The first-order chi connectivity index (χ1) is 12.6. The highest BCUT2D eigenvalue weighted by Crippen LogP contribution is 2.26. The largest absolute Gasteiger partial charge is 0.316 e. The lowest BCUT2D eigenvalue weighted by molar-refractivity contribution is 0.376. The van der Waals surface area contributed by atoms with Crippen molar-refractivity contribution >= 4 is 20.7 Å². The molecule has 4 rings (SSSR count). The van der Waals surface area contributed by atoms with Crippen molar-refractivity contribution < 1.29 is 8.42 Å². The third-order valence-corrected chi connectivity index (χ3v) is 6.78. The Morgan fingerprint density at radius 3 is 2.65 bits per heavy atom. The van der Waals surface area contributed by atoms with Gasteiger partial charge in [-0.05, 0) is 62.0 Å². The van der Waals surface area contributed by atoms with Gasteiger partial charge in [0.15, 0.2) is 0 Å². The molecule has 26 heavy (non-hydrogen) atoms. The first-order valence-electron chi connectivity index (χ1n) is 9.03. The summed E-state index contributed by atoms with van der Waals surface area (Å²) in [5.74, 6) is 0.615. The number of hydrogen-bond donors (Lipinski definition) is 1. The average Bonchev–Trinajstić information content (AvgIpc) is 2.69. The first-order valence-corrected chi connectivity index (χ1v) is 10.5. The van der Waals surface area contributed by atoms with Crippen molar-refractivity contribution in [3.8, 4) is 0 Å². The van der Waals surface area contributed by atoms with Crippen LogP contribution in [0.2, 0.25) is 0 Å². The van der Waals surface area contributed by atoms with Crippen LogP contribution in [0.5, 0.6) is 0 Å². The van der Waals surface area contributed by atoms with Crippen molar-refractivity contribution in [1.29, 1.82) is 0 Å². The normalized spacial score (nSPS) is 18.1. The number of nitrogens with zero attached hydrogens (tertiary/aromatic N) is 1. The molecule has 4 nitrogen and oxygen atoms in total. The molecular weight excluding hydrogens is 344 g/mol. The molecule has 1 unspecified atom stereocenters. The first kappa shape index (κ1) is 17.2. The van der Waals surface area contributed by atoms with Crippen LogP contribution in [-0.4, -0.2) is 26.5 Å². The Morgan fingerprint density at radius 1 is 1.04 bits per heavy atom. The molecule has 3 aromatic rings. The number of piperidine rings is 1. The van der Waals surface area contributed by atoms with E-state index in [4.69, 9.17) is 0 Å². The van der Waals surface area contributed by atoms with E-state index in [9.17, 15) is 8.42 Å². The van der Waals surface area contributed by atoms with Gasteiger partial charge in [0.1, 0.15) is 0 Å². The summed E-state index contributed by atoms with van der Waals surface area (Å²) in [7, 11) is -3.54. The van der Waals surface area contributed by atoms with Crippen molar-refractivity contribution in [2.75, 3.05) is 13.1 Å². The van der Waals surface area contributed by atoms with Crippen molar-refractivity contribution in [2.24, 2.45) is 5.92 Å². The standard InChI is InChI=1S/C21H22N2O2S/c24-26(25,19-9-2-1-3-10-19)20-13-18-8-4-7-17(21(18)23-15-20)12-16-6-5-11-22-14-16/h1-4,7-10,13,15-16,22H,5-6,11-12,14H2. The SMILES string of the molecule is O=S(=O)(c1ccccc1)c1cnc2c(CC3CCCNC3)cccc2c1. The number of benzene rings is 2.